The predicted molar refractivity (Wildman–Crippen MR) is 67.8 cm³/mol. The highest BCUT2D eigenvalue weighted by molar-refractivity contribution is 7.15. The van der Waals surface area contributed by atoms with Gasteiger partial charge in [-0.2, -0.15) is 0 Å². The van der Waals surface area contributed by atoms with Crippen LogP contribution in [0.5, 0.6) is 0 Å². The third-order valence-corrected chi connectivity index (χ3v) is 3.47. The number of hydrogen-bond donors (Lipinski definition) is 2. The second kappa shape index (κ2) is 4.83. The first-order valence-electron chi connectivity index (χ1n) is 5.18. The molecule has 1 aromatic heterocycles. The zero-order valence-corrected chi connectivity index (χ0v) is 10.4. The van der Waals surface area contributed by atoms with Crippen LogP contribution in [0.15, 0.2) is 18.3 Å². The molecule has 0 spiro atoms. The highest BCUT2D eigenvalue weighted by atomic mass is 32.1. The van der Waals surface area contributed by atoms with Crippen LogP contribution in [0.2, 0.25) is 0 Å². The molecular weight excluding hydrogens is 255 g/mol. The molecule has 0 amide bonds. The lowest BCUT2D eigenvalue weighted by Crippen LogP contribution is -2.01. The second-order valence-corrected chi connectivity index (χ2v) is 4.88. The van der Waals surface area contributed by atoms with Crippen molar-refractivity contribution in [2.75, 3.05) is 5.73 Å². The first kappa shape index (κ1) is 12.7. The van der Waals surface area contributed by atoms with Crippen LogP contribution in [0, 0.1) is 5.82 Å². The van der Waals surface area contributed by atoms with Gasteiger partial charge in [-0.1, -0.05) is 0 Å². The van der Waals surface area contributed by atoms with E-state index >= 15 is 0 Å². The average Bonchev–Trinajstić information content (AvgIpc) is 2.79. The fourth-order valence-corrected chi connectivity index (χ4v) is 2.36. The summed E-state index contributed by atoms with van der Waals surface area (Å²) in [5.74, 6) is -0.992. The molecule has 2 rings (SSSR count). The summed E-state index contributed by atoms with van der Waals surface area (Å²) in [7, 11) is 0. The molecule has 2 aromatic rings. The molecule has 4 nitrogen and oxygen atoms in total. The monoisotopic (exact) mass is 266 g/mol. The summed E-state index contributed by atoms with van der Waals surface area (Å²) in [5.41, 5.74) is 6.49. The van der Waals surface area contributed by atoms with Gasteiger partial charge in [0.05, 0.1) is 17.0 Å². The number of thiazole rings is 1. The molecule has 94 valence electrons. The largest absolute Gasteiger partial charge is 0.398 e. The summed E-state index contributed by atoms with van der Waals surface area (Å²) in [6.07, 6.45) is 1.51. The van der Waals surface area contributed by atoms with Crippen molar-refractivity contribution in [1.29, 1.82) is 0 Å². The summed E-state index contributed by atoms with van der Waals surface area (Å²) in [5, 5.41) is 9.48. The zero-order valence-electron chi connectivity index (χ0n) is 9.61. The van der Waals surface area contributed by atoms with Gasteiger partial charge in [-0.05, 0) is 19.1 Å². The summed E-state index contributed by atoms with van der Waals surface area (Å²) in [6.45, 7) is 1.16. The van der Waals surface area contributed by atoms with Crippen LogP contribution in [0.3, 0.4) is 0 Å². The van der Waals surface area contributed by atoms with E-state index in [0.29, 0.717) is 21.1 Å². The number of aromatic nitrogens is 1. The van der Waals surface area contributed by atoms with Crippen molar-refractivity contribution >= 4 is 22.8 Å². The van der Waals surface area contributed by atoms with Gasteiger partial charge >= 0.3 is 0 Å². The maximum atomic E-state index is 13.7. The molecule has 6 heteroatoms. The van der Waals surface area contributed by atoms with Crippen LogP contribution >= 0.6 is 11.3 Å². The number of nitrogens with zero attached hydrogens (tertiary/aromatic N) is 1. The molecule has 1 aromatic carbocycles. The summed E-state index contributed by atoms with van der Waals surface area (Å²) >= 11 is 1.23. The van der Waals surface area contributed by atoms with Crippen molar-refractivity contribution in [3.8, 4) is 10.6 Å². The van der Waals surface area contributed by atoms with E-state index in [1.165, 1.54) is 36.6 Å². The van der Waals surface area contributed by atoms with E-state index in [2.05, 4.69) is 4.98 Å². The number of nitrogens with two attached hydrogens (primary N) is 1. The Morgan fingerprint density at radius 2 is 2.28 bits per heavy atom. The standard InChI is InChI=1S/C12H11FN2O2S/c1-6(17)8-3-11(14)9(2-10(8)13)12-15-4-7(5-16)18-12/h2-4,16H,5,14H2,1H3. The van der Waals surface area contributed by atoms with Crippen molar-refractivity contribution < 1.29 is 14.3 Å². The van der Waals surface area contributed by atoms with Crippen molar-refractivity contribution in [3.63, 3.8) is 0 Å². The molecule has 0 aliphatic heterocycles. The molecular formula is C12H11FN2O2S. The molecule has 18 heavy (non-hydrogen) atoms. The smallest absolute Gasteiger partial charge is 0.162 e. The van der Waals surface area contributed by atoms with Crippen molar-refractivity contribution in [1.82, 2.24) is 4.98 Å². The average molecular weight is 266 g/mol. The second-order valence-electron chi connectivity index (χ2n) is 3.77. The van der Waals surface area contributed by atoms with E-state index in [0.717, 1.165) is 0 Å². The van der Waals surface area contributed by atoms with Gasteiger partial charge in [0.15, 0.2) is 5.78 Å². The van der Waals surface area contributed by atoms with E-state index < -0.39 is 5.82 Å². The molecule has 0 saturated heterocycles. The van der Waals surface area contributed by atoms with E-state index in [9.17, 15) is 9.18 Å². The Morgan fingerprint density at radius 1 is 1.56 bits per heavy atom. The maximum absolute atomic E-state index is 13.7. The number of anilines is 1. The number of benzene rings is 1. The fourth-order valence-electron chi connectivity index (χ4n) is 1.55. The van der Waals surface area contributed by atoms with Gasteiger partial charge < -0.3 is 10.8 Å². The SMILES string of the molecule is CC(=O)c1cc(N)c(-c2ncc(CO)s2)cc1F. The van der Waals surface area contributed by atoms with Crippen LogP contribution in [0.4, 0.5) is 10.1 Å². The molecule has 0 bridgehead atoms. The number of nitrogen functional groups attached to an aromatic ring is 1. The predicted octanol–water partition coefficient (Wildman–Crippen LogP) is 2.23. The Bertz CT molecular complexity index is 610. The Morgan fingerprint density at radius 3 is 2.83 bits per heavy atom. The Kier molecular flexibility index (Phi) is 3.40. The number of halogens is 1. The Balaban J connectivity index is 2.52. The molecule has 0 aliphatic rings. The first-order chi connectivity index (χ1) is 8.52. The van der Waals surface area contributed by atoms with Crippen molar-refractivity contribution in [2.45, 2.75) is 13.5 Å². The minimum Gasteiger partial charge on any atom is -0.398 e. The number of aliphatic hydroxyl groups excluding tert-OH is 1. The molecule has 1 heterocycles. The molecule has 0 radical (unpaired) electrons. The van der Waals surface area contributed by atoms with Crippen LogP contribution < -0.4 is 5.73 Å². The highest BCUT2D eigenvalue weighted by Crippen LogP contribution is 2.31. The molecule has 0 atom stereocenters. The van der Waals surface area contributed by atoms with Gasteiger partial charge in [0, 0.05) is 17.4 Å². The molecule has 3 N–H and O–H groups in total. The first-order valence-corrected chi connectivity index (χ1v) is 6.00. The lowest BCUT2D eigenvalue weighted by molar-refractivity contribution is 0.101. The van der Waals surface area contributed by atoms with Gasteiger partial charge in [-0.25, -0.2) is 9.37 Å². The molecule has 0 unspecified atom stereocenters. The third-order valence-electron chi connectivity index (χ3n) is 2.46. The van der Waals surface area contributed by atoms with Crippen molar-refractivity contribution in [2.24, 2.45) is 0 Å². The molecule has 0 saturated carbocycles. The van der Waals surface area contributed by atoms with E-state index in [1.807, 2.05) is 0 Å². The zero-order chi connectivity index (χ0) is 13.3. The van der Waals surface area contributed by atoms with Crippen LogP contribution in [-0.2, 0) is 6.61 Å². The lowest BCUT2D eigenvalue weighted by atomic mass is 10.1. The normalized spacial score (nSPS) is 10.6. The van der Waals surface area contributed by atoms with E-state index in [4.69, 9.17) is 10.8 Å². The number of hydrogen-bond acceptors (Lipinski definition) is 5. The third kappa shape index (κ3) is 2.25. The van der Waals surface area contributed by atoms with Crippen molar-refractivity contribution in [3.05, 3.63) is 34.6 Å². The molecule has 0 aliphatic carbocycles. The number of carbonyl (C=O) groups excluding carboxylic acids is 1. The number of Topliss-reactive ketones (excluding diaryl/α,β-unsaturated/α-hetero) is 1. The highest BCUT2D eigenvalue weighted by Gasteiger charge is 2.14. The van der Waals surface area contributed by atoms with Gasteiger partial charge in [0.2, 0.25) is 0 Å². The number of aliphatic hydroxyl groups is 1. The number of ketones is 1. The van der Waals surface area contributed by atoms with Gasteiger partial charge in [-0.15, -0.1) is 11.3 Å². The number of carbonyl (C=O) groups is 1. The summed E-state index contributed by atoms with van der Waals surface area (Å²) in [6, 6.07) is 2.51. The molecule has 0 fully saturated rings. The van der Waals surface area contributed by atoms with Gasteiger partial charge in [0.1, 0.15) is 10.8 Å². The minimum absolute atomic E-state index is 0.0322. The Hall–Kier alpha value is -1.79. The number of rotatable bonds is 3. The lowest BCUT2D eigenvalue weighted by Gasteiger charge is -2.05. The van der Waals surface area contributed by atoms with Gasteiger partial charge in [0.25, 0.3) is 0 Å². The van der Waals surface area contributed by atoms with Crippen LogP contribution in [-0.4, -0.2) is 15.9 Å². The maximum Gasteiger partial charge on any atom is 0.162 e. The topological polar surface area (TPSA) is 76.2 Å². The minimum atomic E-state index is -0.618. The van der Waals surface area contributed by atoms with Crippen LogP contribution in [0.25, 0.3) is 10.6 Å². The fraction of sp³-hybridized carbons (Fsp3) is 0.167. The summed E-state index contributed by atoms with van der Waals surface area (Å²) < 4.78 is 13.7. The summed E-state index contributed by atoms with van der Waals surface area (Å²) in [4.78, 5) is 15.9. The van der Waals surface area contributed by atoms with E-state index in [1.54, 1.807) is 0 Å². The van der Waals surface area contributed by atoms with Gasteiger partial charge in [-0.3, -0.25) is 4.79 Å². The van der Waals surface area contributed by atoms with E-state index in [-0.39, 0.29) is 18.0 Å². The van der Waals surface area contributed by atoms with Crippen LogP contribution in [0.1, 0.15) is 22.2 Å². The quantitative estimate of drug-likeness (QED) is 0.659. The Labute approximate surface area is 107 Å².